The van der Waals surface area contributed by atoms with E-state index in [1.807, 2.05) is 22.6 Å². The number of nitrogens with zero attached hydrogens (tertiary/aromatic N) is 3. The Bertz CT molecular complexity index is 619. The van der Waals surface area contributed by atoms with Gasteiger partial charge in [0.15, 0.2) is 0 Å². The van der Waals surface area contributed by atoms with Crippen molar-refractivity contribution in [1.82, 2.24) is 14.7 Å². The van der Waals surface area contributed by atoms with Crippen LogP contribution in [0.15, 0.2) is 6.07 Å². The van der Waals surface area contributed by atoms with Crippen LogP contribution >= 0.6 is 0 Å². The average molecular weight is 346 g/mol. The third-order valence-electron chi connectivity index (χ3n) is 5.43. The van der Waals surface area contributed by atoms with Gasteiger partial charge >= 0.3 is 0 Å². The third-order valence-corrected chi connectivity index (χ3v) is 5.43. The standard InChI is InChI=1S/C19H30N4O2/c1-3-10-23-17(13-14(2)21-23)20-18(24)15-8-4-5-9-16(15)19(25)22-11-6-7-12-22/h13,15-16H,3-12H2,1-2H3,(H,20,24)/t15-,16+/m0/s1. The van der Waals surface area contributed by atoms with Crippen LogP contribution in [0.1, 0.15) is 57.6 Å². The lowest BCUT2D eigenvalue weighted by Crippen LogP contribution is -2.43. The number of aromatic nitrogens is 2. The molecule has 0 unspecified atom stereocenters. The molecule has 138 valence electrons. The molecule has 1 aromatic rings. The summed E-state index contributed by atoms with van der Waals surface area (Å²) in [6.07, 6.45) is 6.84. The van der Waals surface area contributed by atoms with Crippen molar-refractivity contribution in [2.75, 3.05) is 18.4 Å². The van der Waals surface area contributed by atoms with Crippen LogP contribution in [0.25, 0.3) is 0 Å². The number of hydrogen-bond donors (Lipinski definition) is 1. The molecule has 1 N–H and O–H groups in total. The highest BCUT2D eigenvalue weighted by Gasteiger charge is 2.38. The number of likely N-dealkylation sites (tertiary alicyclic amines) is 1. The molecule has 6 nitrogen and oxygen atoms in total. The molecule has 1 aromatic heterocycles. The van der Waals surface area contributed by atoms with E-state index in [1.165, 1.54) is 0 Å². The van der Waals surface area contributed by atoms with Crippen LogP contribution in [-0.2, 0) is 16.1 Å². The Morgan fingerprint density at radius 2 is 1.84 bits per heavy atom. The third kappa shape index (κ3) is 4.05. The molecular formula is C19H30N4O2. The van der Waals surface area contributed by atoms with Crippen molar-refractivity contribution >= 4 is 17.6 Å². The lowest BCUT2D eigenvalue weighted by atomic mass is 9.78. The van der Waals surface area contributed by atoms with Gasteiger partial charge < -0.3 is 10.2 Å². The van der Waals surface area contributed by atoms with Crippen LogP contribution in [0, 0.1) is 18.8 Å². The van der Waals surface area contributed by atoms with Gasteiger partial charge in [0, 0.05) is 37.5 Å². The predicted molar refractivity (Wildman–Crippen MR) is 97.1 cm³/mol. The van der Waals surface area contributed by atoms with Gasteiger partial charge in [0.25, 0.3) is 0 Å². The minimum atomic E-state index is -0.216. The molecule has 3 rings (SSSR count). The smallest absolute Gasteiger partial charge is 0.229 e. The SMILES string of the molecule is CCCn1nc(C)cc1NC(=O)[C@H]1CCCC[C@H]1C(=O)N1CCCC1. The Morgan fingerprint density at radius 3 is 2.52 bits per heavy atom. The fraction of sp³-hybridized carbons (Fsp3) is 0.737. The van der Waals surface area contributed by atoms with Crippen LogP contribution in [0.3, 0.4) is 0 Å². The Hall–Kier alpha value is -1.85. The second-order valence-corrected chi connectivity index (χ2v) is 7.41. The predicted octanol–water partition coefficient (Wildman–Crippen LogP) is 2.97. The first kappa shape index (κ1) is 18.0. The molecule has 1 saturated carbocycles. The first-order chi connectivity index (χ1) is 12.1. The largest absolute Gasteiger partial charge is 0.342 e. The summed E-state index contributed by atoms with van der Waals surface area (Å²) >= 11 is 0. The normalized spacial score (nSPS) is 23.7. The Balaban J connectivity index is 1.71. The number of anilines is 1. The van der Waals surface area contributed by atoms with E-state index in [2.05, 4.69) is 17.3 Å². The Morgan fingerprint density at radius 1 is 1.16 bits per heavy atom. The second kappa shape index (κ2) is 8.02. The molecule has 2 atom stereocenters. The van der Waals surface area contributed by atoms with E-state index in [4.69, 9.17) is 0 Å². The molecule has 0 bridgehead atoms. The molecule has 0 spiro atoms. The van der Waals surface area contributed by atoms with Gasteiger partial charge in [0.1, 0.15) is 5.82 Å². The molecule has 2 aliphatic rings. The van der Waals surface area contributed by atoms with Gasteiger partial charge in [-0.3, -0.25) is 9.59 Å². The summed E-state index contributed by atoms with van der Waals surface area (Å²) in [6, 6.07) is 1.91. The van der Waals surface area contributed by atoms with Crippen LogP contribution in [-0.4, -0.2) is 39.6 Å². The van der Waals surface area contributed by atoms with E-state index < -0.39 is 0 Å². The number of carbonyl (C=O) groups excluding carboxylic acids is 2. The molecule has 1 aliphatic heterocycles. The number of nitrogens with one attached hydrogen (secondary N) is 1. The summed E-state index contributed by atoms with van der Waals surface area (Å²) in [4.78, 5) is 27.8. The molecule has 0 aromatic carbocycles. The Labute approximate surface area is 149 Å². The van der Waals surface area contributed by atoms with Crippen molar-refractivity contribution in [3.05, 3.63) is 11.8 Å². The van der Waals surface area contributed by atoms with Crippen molar-refractivity contribution in [3.63, 3.8) is 0 Å². The van der Waals surface area contributed by atoms with Gasteiger partial charge in [-0.25, -0.2) is 4.68 Å². The van der Waals surface area contributed by atoms with Crippen molar-refractivity contribution in [2.45, 2.75) is 65.3 Å². The zero-order valence-corrected chi connectivity index (χ0v) is 15.5. The van der Waals surface area contributed by atoms with Gasteiger partial charge in [-0.1, -0.05) is 19.8 Å². The molecular weight excluding hydrogens is 316 g/mol. The number of rotatable bonds is 5. The van der Waals surface area contributed by atoms with Crippen LogP contribution < -0.4 is 5.32 Å². The molecule has 2 amide bonds. The molecule has 0 radical (unpaired) electrons. The fourth-order valence-electron chi connectivity index (χ4n) is 4.16. The van der Waals surface area contributed by atoms with Gasteiger partial charge in [0.2, 0.25) is 11.8 Å². The molecule has 2 heterocycles. The number of hydrogen-bond acceptors (Lipinski definition) is 3. The summed E-state index contributed by atoms with van der Waals surface area (Å²) in [5.74, 6) is 0.551. The highest BCUT2D eigenvalue weighted by atomic mass is 16.2. The highest BCUT2D eigenvalue weighted by Crippen LogP contribution is 2.33. The number of amides is 2. The van der Waals surface area contributed by atoms with Crippen molar-refractivity contribution in [3.8, 4) is 0 Å². The van der Waals surface area contributed by atoms with Crippen molar-refractivity contribution < 1.29 is 9.59 Å². The summed E-state index contributed by atoms with van der Waals surface area (Å²) in [6.45, 7) is 6.51. The second-order valence-electron chi connectivity index (χ2n) is 7.41. The maximum absolute atomic E-state index is 12.9. The van der Waals surface area contributed by atoms with Crippen LogP contribution in [0.5, 0.6) is 0 Å². The van der Waals surface area contributed by atoms with Gasteiger partial charge in [0.05, 0.1) is 5.69 Å². The van der Waals surface area contributed by atoms with E-state index in [0.29, 0.717) is 0 Å². The molecule has 6 heteroatoms. The van der Waals surface area contributed by atoms with Crippen LogP contribution in [0.2, 0.25) is 0 Å². The maximum atomic E-state index is 12.9. The Kier molecular flexibility index (Phi) is 5.76. The van der Waals surface area contributed by atoms with Crippen molar-refractivity contribution in [1.29, 1.82) is 0 Å². The van der Waals surface area contributed by atoms with E-state index in [-0.39, 0.29) is 23.7 Å². The number of carbonyl (C=O) groups is 2. The van der Waals surface area contributed by atoms with Gasteiger partial charge in [-0.2, -0.15) is 5.10 Å². The number of aryl methyl sites for hydroxylation is 2. The zero-order chi connectivity index (χ0) is 17.8. The first-order valence-electron chi connectivity index (χ1n) is 9.74. The minimum absolute atomic E-state index is 0.0190. The minimum Gasteiger partial charge on any atom is -0.342 e. The van der Waals surface area contributed by atoms with E-state index >= 15 is 0 Å². The maximum Gasteiger partial charge on any atom is 0.229 e. The summed E-state index contributed by atoms with van der Waals surface area (Å²) in [7, 11) is 0. The van der Waals surface area contributed by atoms with E-state index in [0.717, 1.165) is 76.1 Å². The van der Waals surface area contributed by atoms with E-state index in [9.17, 15) is 9.59 Å². The monoisotopic (exact) mass is 346 g/mol. The molecule has 2 fully saturated rings. The van der Waals surface area contributed by atoms with E-state index in [1.54, 1.807) is 0 Å². The summed E-state index contributed by atoms with van der Waals surface area (Å²) in [5.41, 5.74) is 0.900. The highest BCUT2D eigenvalue weighted by molar-refractivity contribution is 5.95. The summed E-state index contributed by atoms with van der Waals surface area (Å²) < 4.78 is 1.85. The fourth-order valence-corrected chi connectivity index (χ4v) is 4.16. The van der Waals surface area contributed by atoms with Crippen LogP contribution in [0.4, 0.5) is 5.82 Å². The average Bonchev–Trinajstić information content (AvgIpc) is 3.25. The molecule has 1 saturated heterocycles. The van der Waals surface area contributed by atoms with Gasteiger partial charge in [-0.05, 0) is 39.0 Å². The summed E-state index contributed by atoms with van der Waals surface area (Å²) in [5, 5.41) is 7.49. The zero-order valence-electron chi connectivity index (χ0n) is 15.5. The first-order valence-corrected chi connectivity index (χ1v) is 9.74. The van der Waals surface area contributed by atoms with Crippen molar-refractivity contribution in [2.24, 2.45) is 11.8 Å². The quantitative estimate of drug-likeness (QED) is 0.891. The van der Waals surface area contributed by atoms with Gasteiger partial charge in [-0.15, -0.1) is 0 Å². The molecule has 25 heavy (non-hydrogen) atoms. The lowest BCUT2D eigenvalue weighted by molar-refractivity contribution is -0.141. The lowest BCUT2D eigenvalue weighted by Gasteiger charge is -2.32. The molecule has 1 aliphatic carbocycles. The topological polar surface area (TPSA) is 67.2 Å².